The van der Waals surface area contributed by atoms with Crippen molar-refractivity contribution in [2.45, 2.75) is 33.1 Å². The Hall–Kier alpha value is -1.42. The van der Waals surface area contributed by atoms with Gasteiger partial charge in [-0.05, 0) is 30.0 Å². The molecule has 1 rings (SSSR count). The van der Waals surface area contributed by atoms with Crippen molar-refractivity contribution in [2.24, 2.45) is 0 Å². The summed E-state index contributed by atoms with van der Waals surface area (Å²) >= 11 is 0. The first-order valence-electron chi connectivity index (χ1n) is 5.32. The molecule has 0 spiro atoms. The van der Waals surface area contributed by atoms with Gasteiger partial charge in [-0.1, -0.05) is 26.0 Å². The molecule has 1 aromatic rings. The predicted molar refractivity (Wildman–Crippen MR) is 66.3 cm³/mol. The number of hydrogen-bond donors (Lipinski definition) is 0. The molecule has 0 saturated carbocycles. The smallest absolute Gasteiger partial charge is 0.122 e. The maximum Gasteiger partial charge on any atom is 0.122 e. The molecule has 0 aliphatic carbocycles. The molecule has 1 nitrogen and oxygen atoms in total. The summed E-state index contributed by atoms with van der Waals surface area (Å²) in [5.74, 6) is 4.05. The van der Waals surface area contributed by atoms with Crippen LogP contribution in [-0.2, 0) is 0 Å². The van der Waals surface area contributed by atoms with Crippen molar-refractivity contribution >= 4 is 0 Å². The number of hydrogen-bond acceptors (Lipinski definition) is 1. The molecule has 15 heavy (non-hydrogen) atoms. The number of terminal acetylenes is 1. The molecule has 0 atom stereocenters. The lowest BCUT2D eigenvalue weighted by Crippen LogP contribution is -1.99. The highest BCUT2D eigenvalue weighted by molar-refractivity contribution is 5.37. The van der Waals surface area contributed by atoms with Crippen molar-refractivity contribution in [3.8, 4) is 18.1 Å². The second kappa shape index (κ2) is 5.46. The normalized spacial score (nSPS) is 10.1. The van der Waals surface area contributed by atoms with Crippen molar-refractivity contribution < 1.29 is 6.16 Å². The molecule has 0 heterocycles. The van der Waals surface area contributed by atoms with Crippen molar-refractivity contribution in [3.05, 3.63) is 29.3 Å². The van der Waals surface area contributed by atoms with Crippen molar-refractivity contribution in [3.63, 3.8) is 0 Å². The number of aryl methyl sites for hydroxylation is 1. The molecule has 0 amide bonds. The standard InChI is InChI=1S/C14H18O.H2/c1-5-6-9-15-14-10-13(11(2)3)8-7-12(14)4;/h1,7-8,10-11H,6,9H2,2-4H3;1H. The van der Waals surface area contributed by atoms with E-state index < -0.39 is 0 Å². The zero-order chi connectivity index (χ0) is 11.3. The van der Waals surface area contributed by atoms with Crippen LogP contribution in [0, 0.1) is 19.3 Å². The quantitative estimate of drug-likeness (QED) is 0.536. The van der Waals surface area contributed by atoms with E-state index >= 15 is 0 Å². The Bertz CT molecular complexity index is 363. The van der Waals surface area contributed by atoms with E-state index in [2.05, 4.69) is 44.9 Å². The summed E-state index contributed by atoms with van der Waals surface area (Å²) in [5, 5.41) is 0. The number of ether oxygens (including phenoxy) is 1. The average Bonchev–Trinajstić information content (AvgIpc) is 2.20. The fraction of sp³-hybridized carbons (Fsp3) is 0.429. The summed E-state index contributed by atoms with van der Waals surface area (Å²) < 4.78 is 5.63. The Morgan fingerprint density at radius 3 is 2.80 bits per heavy atom. The Labute approximate surface area is 93.9 Å². The molecular weight excluding hydrogens is 184 g/mol. The van der Waals surface area contributed by atoms with Crippen LogP contribution >= 0.6 is 0 Å². The third-order valence-electron chi connectivity index (χ3n) is 2.38. The van der Waals surface area contributed by atoms with E-state index in [-0.39, 0.29) is 1.43 Å². The van der Waals surface area contributed by atoms with Crippen molar-refractivity contribution in [1.82, 2.24) is 0 Å². The molecule has 82 valence electrons. The van der Waals surface area contributed by atoms with E-state index in [1.54, 1.807) is 0 Å². The molecule has 0 fully saturated rings. The number of benzene rings is 1. The van der Waals surface area contributed by atoms with Gasteiger partial charge in [-0.2, -0.15) is 0 Å². The van der Waals surface area contributed by atoms with Crippen molar-refractivity contribution in [2.75, 3.05) is 6.61 Å². The average molecular weight is 204 g/mol. The molecule has 0 radical (unpaired) electrons. The third kappa shape index (κ3) is 3.32. The highest BCUT2D eigenvalue weighted by atomic mass is 16.5. The maximum atomic E-state index is 5.63. The summed E-state index contributed by atoms with van der Waals surface area (Å²) in [7, 11) is 0. The van der Waals surface area contributed by atoms with Gasteiger partial charge in [-0.15, -0.1) is 12.3 Å². The minimum atomic E-state index is 0. The summed E-state index contributed by atoms with van der Waals surface area (Å²) in [6.07, 6.45) is 5.84. The van der Waals surface area contributed by atoms with E-state index in [9.17, 15) is 0 Å². The summed E-state index contributed by atoms with van der Waals surface area (Å²) in [6, 6.07) is 6.35. The zero-order valence-electron chi connectivity index (χ0n) is 9.71. The van der Waals surface area contributed by atoms with Gasteiger partial charge < -0.3 is 4.74 Å². The van der Waals surface area contributed by atoms with Gasteiger partial charge in [0.05, 0.1) is 6.61 Å². The minimum Gasteiger partial charge on any atom is -0.492 e. The molecule has 0 saturated heterocycles. The Morgan fingerprint density at radius 1 is 1.47 bits per heavy atom. The largest absolute Gasteiger partial charge is 0.492 e. The molecule has 1 aromatic carbocycles. The van der Waals surface area contributed by atoms with E-state index in [4.69, 9.17) is 11.2 Å². The molecule has 0 bridgehead atoms. The van der Waals surface area contributed by atoms with Gasteiger partial charge in [0, 0.05) is 7.85 Å². The lowest BCUT2D eigenvalue weighted by atomic mass is 10.0. The molecule has 0 unspecified atom stereocenters. The summed E-state index contributed by atoms with van der Waals surface area (Å²) in [4.78, 5) is 0. The summed E-state index contributed by atoms with van der Waals surface area (Å²) in [6.45, 7) is 7.00. The predicted octanol–water partition coefficient (Wildman–Crippen LogP) is 3.77. The van der Waals surface area contributed by atoms with E-state index in [0.717, 1.165) is 11.3 Å². The lowest BCUT2D eigenvalue weighted by Gasteiger charge is -2.11. The summed E-state index contributed by atoms with van der Waals surface area (Å²) in [5.41, 5.74) is 2.47. The second-order valence-electron chi connectivity index (χ2n) is 3.98. The first kappa shape index (κ1) is 11.7. The monoisotopic (exact) mass is 204 g/mol. The maximum absolute atomic E-state index is 5.63. The fourth-order valence-electron chi connectivity index (χ4n) is 1.35. The zero-order valence-corrected chi connectivity index (χ0v) is 9.71. The lowest BCUT2D eigenvalue weighted by molar-refractivity contribution is 0.324. The molecular formula is C14H20O. The van der Waals surface area contributed by atoms with Gasteiger partial charge in [0.1, 0.15) is 5.75 Å². The van der Waals surface area contributed by atoms with Crippen LogP contribution in [-0.4, -0.2) is 6.61 Å². The Morgan fingerprint density at radius 2 is 2.20 bits per heavy atom. The molecule has 0 aromatic heterocycles. The van der Waals surface area contributed by atoms with E-state index in [0.29, 0.717) is 18.9 Å². The second-order valence-corrected chi connectivity index (χ2v) is 3.98. The number of rotatable bonds is 4. The van der Waals surface area contributed by atoms with E-state index in [1.807, 2.05) is 0 Å². The van der Waals surface area contributed by atoms with Crippen LogP contribution in [0.1, 0.15) is 38.7 Å². The highest BCUT2D eigenvalue weighted by Crippen LogP contribution is 2.24. The van der Waals surface area contributed by atoms with Crippen LogP contribution in [0.25, 0.3) is 0 Å². The highest BCUT2D eigenvalue weighted by Gasteiger charge is 2.04. The molecule has 1 heteroatoms. The Kier molecular flexibility index (Phi) is 4.24. The van der Waals surface area contributed by atoms with Gasteiger partial charge >= 0.3 is 0 Å². The molecule has 0 aliphatic heterocycles. The van der Waals surface area contributed by atoms with E-state index in [1.165, 1.54) is 5.56 Å². The van der Waals surface area contributed by atoms with Crippen LogP contribution in [0.3, 0.4) is 0 Å². The Balaban J connectivity index is 0.00000225. The molecule has 0 aliphatic rings. The van der Waals surface area contributed by atoms with Gasteiger partial charge in [0.25, 0.3) is 0 Å². The minimum absolute atomic E-state index is 0. The first-order valence-corrected chi connectivity index (χ1v) is 5.32. The van der Waals surface area contributed by atoms with Gasteiger partial charge in [0.2, 0.25) is 0 Å². The van der Waals surface area contributed by atoms with Crippen LogP contribution in [0.4, 0.5) is 0 Å². The van der Waals surface area contributed by atoms with Gasteiger partial charge in [-0.3, -0.25) is 0 Å². The van der Waals surface area contributed by atoms with Crippen LogP contribution in [0.2, 0.25) is 0 Å². The molecule has 0 N–H and O–H groups in total. The van der Waals surface area contributed by atoms with Crippen LogP contribution in [0.5, 0.6) is 5.75 Å². The fourth-order valence-corrected chi connectivity index (χ4v) is 1.35. The van der Waals surface area contributed by atoms with Gasteiger partial charge in [-0.25, -0.2) is 0 Å². The van der Waals surface area contributed by atoms with Gasteiger partial charge in [0.15, 0.2) is 0 Å². The van der Waals surface area contributed by atoms with Crippen LogP contribution in [0.15, 0.2) is 18.2 Å². The van der Waals surface area contributed by atoms with Crippen LogP contribution < -0.4 is 4.74 Å². The SMILES string of the molecule is C#CCCOc1cc(C(C)C)ccc1C.[HH]. The first-order chi connectivity index (χ1) is 7.15. The topological polar surface area (TPSA) is 9.23 Å². The third-order valence-corrected chi connectivity index (χ3v) is 2.38. The van der Waals surface area contributed by atoms with Crippen molar-refractivity contribution in [1.29, 1.82) is 0 Å².